The molecule has 2 heteroatoms. The average Bonchev–Trinajstić information content (AvgIpc) is 2.23. The molecule has 0 aromatic carbocycles. The monoisotopic (exact) mass is 213 g/mol. The van der Waals surface area contributed by atoms with E-state index in [1.165, 1.54) is 0 Å². The van der Waals surface area contributed by atoms with Crippen LogP contribution in [0.15, 0.2) is 12.2 Å². The van der Waals surface area contributed by atoms with Crippen molar-refractivity contribution in [1.29, 1.82) is 0 Å². The first kappa shape index (κ1) is 14.7. The zero-order valence-corrected chi connectivity index (χ0v) is 11.0. The van der Waals surface area contributed by atoms with E-state index in [2.05, 4.69) is 46.5 Å². The molecule has 0 saturated heterocycles. The molecule has 0 saturated carbocycles. The van der Waals surface area contributed by atoms with Gasteiger partial charge >= 0.3 is 0 Å². The zero-order valence-electron chi connectivity index (χ0n) is 11.0. The SMILES string of the molecule is C=C(C)C(NCC)C(CC)(CC)OCC. The quantitative estimate of drug-likeness (QED) is 0.625. The Morgan fingerprint density at radius 2 is 1.80 bits per heavy atom. The number of hydrogen-bond acceptors (Lipinski definition) is 2. The first-order valence-electron chi connectivity index (χ1n) is 6.10. The summed E-state index contributed by atoms with van der Waals surface area (Å²) in [6.45, 7) is 16.4. The summed E-state index contributed by atoms with van der Waals surface area (Å²) in [6.07, 6.45) is 2.03. The maximum absolute atomic E-state index is 5.98. The highest BCUT2D eigenvalue weighted by molar-refractivity contribution is 5.11. The third kappa shape index (κ3) is 3.62. The van der Waals surface area contributed by atoms with Crippen molar-refractivity contribution < 1.29 is 4.74 Å². The van der Waals surface area contributed by atoms with Crippen molar-refractivity contribution in [2.45, 2.75) is 59.1 Å². The Morgan fingerprint density at radius 3 is 2.07 bits per heavy atom. The lowest BCUT2D eigenvalue weighted by Crippen LogP contribution is -2.52. The fourth-order valence-corrected chi connectivity index (χ4v) is 2.25. The molecule has 0 heterocycles. The summed E-state index contributed by atoms with van der Waals surface area (Å²) in [5, 5.41) is 3.49. The molecule has 0 radical (unpaired) electrons. The molecular formula is C13H27NO. The van der Waals surface area contributed by atoms with Crippen LogP contribution >= 0.6 is 0 Å². The van der Waals surface area contributed by atoms with Gasteiger partial charge in [0.2, 0.25) is 0 Å². The van der Waals surface area contributed by atoms with Crippen LogP contribution in [0.25, 0.3) is 0 Å². The minimum absolute atomic E-state index is 0.0867. The molecule has 0 spiro atoms. The van der Waals surface area contributed by atoms with Crippen molar-refractivity contribution in [2.75, 3.05) is 13.2 Å². The van der Waals surface area contributed by atoms with Gasteiger partial charge in [-0.1, -0.05) is 32.9 Å². The van der Waals surface area contributed by atoms with Crippen LogP contribution in [0.1, 0.15) is 47.5 Å². The van der Waals surface area contributed by atoms with Gasteiger partial charge in [0.05, 0.1) is 11.6 Å². The standard InChI is InChI=1S/C13H27NO/c1-7-13(8-2,15-10-4)12(11(5)6)14-9-3/h12,14H,5,7-10H2,1-4,6H3. The van der Waals surface area contributed by atoms with Gasteiger partial charge in [-0.3, -0.25) is 0 Å². The summed E-state index contributed by atoms with van der Waals surface area (Å²) in [5.74, 6) is 0. The molecule has 0 aliphatic rings. The van der Waals surface area contributed by atoms with E-state index in [-0.39, 0.29) is 11.6 Å². The number of nitrogens with one attached hydrogen (secondary N) is 1. The minimum Gasteiger partial charge on any atom is -0.373 e. The third-order valence-corrected chi connectivity index (χ3v) is 3.06. The van der Waals surface area contributed by atoms with Crippen LogP contribution in [-0.4, -0.2) is 24.8 Å². The summed E-state index contributed by atoms with van der Waals surface area (Å²) < 4.78 is 5.98. The Hall–Kier alpha value is -0.340. The highest BCUT2D eigenvalue weighted by Gasteiger charge is 2.36. The zero-order chi connectivity index (χ0) is 11.9. The molecule has 1 N–H and O–H groups in total. The molecule has 2 nitrogen and oxygen atoms in total. The van der Waals surface area contributed by atoms with Gasteiger partial charge in [0.25, 0.3) is 0 Å². The molecule has 0 aromatic heterocycles. The fraction of sp³-hybridized carbons (Fsp3) is 0.846. The molecule has 0 amide bonds. The number of hydrogen-bond donors (Lipinski definition) is 1. The number of ether oxygens (including phenoxy) is 1. The molecule has 0 aromatic rings. The maximum Gasteiger partial charge on any atom is 0.0867 e. The molecule has 0 bridgehead atoms. The largest absolute Gasteiger partial charge is 0.373 e. The van der Waals surface area contributed by atoms with Crippen molar-refractivity contribution in [3.63, 3.8) is 0 Å². The normalized spacial score (nSPS) is 13.9. The topological polar surface area (TPSA) is 21.3 Å². The maximum atomic E-state index is 5.98. The smallest absolute Gasteiger partial charge is 0.0867 e. The Kier molecular flexibility index (Phi) is 6.86. The van der Waals surface area contributed by atoms with Crippen LogP contribution in [0, 0.1) is 0 Å². The molecular weight excluding hydrogens is 186 g/mol. The molecule has 1 atom stereocenters. The molecule has 1 unspecified atom stereocenters. The fourth-order valence-electron chi connectivity index (χ4n) is 2.25. The van der Waals surface area contributed by atoms with E-state index in [0.717, 1.165) is 31.6 Å². The van der Waals surface area contributed by atoms with Gasteiger partial charge in [-0.25, -0.2) is 0 Å². The van der Waals surface area contributed by atoms with Gasteiger partial charge < -0.3 is 10.1 Å². The van der Waals surface area contributed by atoms with Crippen LogP contribution in [0.4, 0.5) is 0 Å². The van der Waals surface area contributed by atoms with E-state index in [4.69, 9.17) is 4.74 Å². The van der Waals surface area contributed by atoms with Gasteiger partial charge in [0.15, 0.2) is 0 Å². The van der Waals surface area contributed by atoms with E-state index < -0.39 is 0 Å². The van der Waals surface area contributed by atoms with E-state index in [1.54, 1.807) is 0 Å². The van der Waals surface area contributed by atoms with Crippen LogP contribution in [0.5, 0.6) is 0 Å². The van der Waals surface area contributed by atoms with E-state index in [9.17, 15) is 0 Å². The lowest BCUT2D eigenvalue weighted by molar-refractivity contribution is -0.0632. The second-order valence-electron chi connectivity index (χ2n) is 4.04. The highest BCUT2D eigenvalue weighted by atomic mass is 16.5. The molecule has 0 aliphatic heterocycles. The van der Waals surface area contributed by atoms with Crippen molar-refractivity contribution in [3.8, 4) is 0 Å². The van der Waals surface area contributed by atoms with E-state index in [0.29, 0.717) is 0 Å². The molecule has 0 rings (SSSR count). The summed E-state index contributed by atoms with van der Waals surface area (Å²) in [6, 6.07) is 0.262. The van der Waals surface area contributed by atoms with Crippen molar-refractivity contribution in [1.82, 2.24) is 5.32 Å². The average molecular weight is 213 g/mol. The van der Waals surface area contributed by atoms with E-state index >= 15 is 0 Å². The van der Waals surface area contributed by atoms with Crippen molar-refractivity contribution in [2.24, 2.45) is 0 Å². The predicted molar refractivity (Wildman–Crippen MR) is 67.2 cm³/mol. The second kappa shape index (κ2) is 7.02. The molecule has 0 aliphatic carbocycles. The first-order valence-corrected chi connectivity index (χ1v) is 6.10. The van der Waals surface area contributed by atoms with Gasteiger partial charge in [-0.05, 0) is 33.2 Å². The van der Waals surface area contributed by atoms with Crippen molar-refractivity contribution >= 4 is 0 Å². The Morgan fingerprint density at radius 1 is 1.27 bits per heavy atom. The Balaban J connectivity index is 4.87. The summed E-state index contributed by atoms with van der Waals surface area (Å²) in [4.78, 5) is 0. The van der Waals surface area contributed by atoms with E-state index in [1.807, 2.05) is 0 Å². The molecule has 15 heavy (non-hydrogen) atoms. The van der Waals surface area contributed by atoms with Crippen molar-refractivity contribution in [3.05, 3.63) is 12.2 Å². The van der Waals surface area contributed by atoms with Crippen LogP contribution in [0.3, 0.4) is 0 Å². The second-order valence-corrected chi connectivity index (χ2v) is 4.04. The Bertz CT molecular complexity index is 185. The minimum atomic E-state index is -0.0867. The summed E-state index contributed by atoms with van der Waals surface area (Å²) in [7, 11) is 0. The summed E-state index contributed by atoms with van der Waals surface area (Å²) >= 11 is 0. The number of rotatable bonds is 8. The molecule has 0 fully saturated rings. The lowest BCUT2D eigenvalue weighted by atomic mass is 9.84. The van der Waals surface area contributed by atoms with Gasteiger partial charge in [0.1, 0.15) is 0 Å². The predicted octanol–water partition coefficient (Wildman–Crippen LogP) is 3.14. The van der Waals surface area contributed by atoms with Gasteiger partial charge in [-0.15, -0.1) is 0 Å². The Labute approximate surface area is 95.1 Å². The first-order chi connectivity index (χ1) is 7.07. The third-order valence-electron chi connectivity index (χ3n) is 3.06. The lowest BCUT2D eigenvalue weighted by Gasteiger charge is -2.40. The molecule has 90 valence electrons. The van der Waals surface area contributed by atoms with Gasteiger partial charge in [0, 0.05) is 6.61 Å². The summed E-state index contributed by atoms with van der Waals surface area (Å²) in [5.41, 5.74) is 1.07. The van der Waals surface area contributed by atoms with Crippen LogP contribution in [0.2, 0.25) is 0 Å². The number of likely N-dealkylation sites (N-methyl/N-ethyl adjacent to an activating group) is 1. The van der Waals surface area contributed by atoms with Crippen LogP contribution < -0.4 is 5.32 Å². The van der Waals surface area contributed by atoms with Gasteiger partial charge in [-0.2, -0.15) is 0 Å². The highest BCUT2D eigenvalue weighted by Crippen LogP contribution is 2.28. The van der Waals surface area contributed by atoms with Crippen LogP contribution in [-0.2, 0) is 4.74 Å².